The molecule has 1 N–H and O–H groups in total. The molecule has 0 aliphatic heterocycles. The number of aromatic nitrogens is 2. The van der Waals surface area contributed by atoms with Gasteiger partial charge >= 0.3 is 0 Å². The average molecular weight is 311 g/mol. The smallest absolute Gasteiger partial charge is 0.256 e. The molecular weight excluding hydrogens is 296 g/mol. The van der Waals surface area contributed by atoms with Gasteiger partial charge < -0.3 is 19.1 Å². The van der Waals surface area contributed by atoms with Gasteiger partial charge in [-0.2, -0.15) is 4.98 Å². The summed E-state index contributed by atoms with van der Waals surface area (Å²) < 4.78 is 15.5. The van der Waals surface area contributed by atoms with E-state index in [1.54, 1.807) is 12.1 Å². The maximum atomic E-state index is 9.99. The number of aliphatic hydroxyl groups is 1. The molecule has 1 fully saturated rings. The molecule has 6 nitrogen and oxygen atoms in total. The number of nitrogens with zero attached hydrogens (tertiary/aromatic N) is 2. The Balaban J connectivity index is 1.94. The molecule has 1 aromatic heterocycles. The normalized spacial score (nSPS) is 15.8. The summed E-state index contributed by atoms with van der Waals surface area (Å²) in [6, 6.07) is 3.38. The molecule has 1 atom stereocenters. The summed E-state index contributed by atoms with van der Waals surface area (Å²) in [6.45, 7) is 0. The number of hydrogen-bond acceptors (Lipinski definition) is 6. The first-order valence-electron chi connectivity index (χ1n) is 6.57. The lowest BCUT2D eigenvalue weighted by atomic mass is 10.2. The van der Waals surface area contributed by atoms with Gasteiger partial charge in [-0.15, -0.1) is 0 Å². The minimum atomic E-state index is -0.693. The van der Waals surface area contributed by atoms with Gasteiger partial charge in [-0.3, -0.25) is 0 Å². The highest BCUT2D eigenvalue weighted by Gasteiger charge is 2.34. The summed E-state index contributed by atoms with van der Waals surface area (Å²) in [6.07, 6.45) is 1.28. The highest BCUT2D eigenvalue weighted by molar-refractivity contribution is 6.32. The van der Waals surface area contributed by atoms with Gasteiger partial charge in [-0.1, -0.05) is 16.8 Å². The fraction of sp³-hybridized carbons (Fsp3) is 0.429. The third kappa shape index (κ3) is 2.69. The molecule has 1 saturated carbocycles. The van der Waals surface area contributed by atoms with Crippen molar-refractivity contribution in [2.45, 2.75) is 18.9 Å². The van der Waals surface area contributed by atoms with Crippen molar-refractivity contribution < 1.29 is 19.1 Å². The van der Waals surface area contributed by atoms with Gasteiger partial charge in [0.05, 0.1) is 19.2 Å². The lowest BCUT2D eigenvalue weighted by Gasteiger charge is -2.10. The van der Waals surface area contributed by atoms with Crippen LogP contribution in [0.1, 0.15) is 24.8 Å². The fourth-order valence-electron chi connectivity index (χ4n) is 2.13. The SMILES string of the molecule is COc1cc(-c2noc(C(O)C3CC3)n2)cc(Cl)c1OC. The molecule has 0 saturated heterocycles. The van der Waals surface area contributed by atoms with Gasteiger partial charge in [0.15, 0.2) is 11.5 Å². The topological polar surface area (TPSA) is 77.6 Å². The predicted octanol–water partition coefficient (Wildman–Crippen LogP) is 2.85. The maximum absolute atomic E-state index is 9.99. The summed E-state index contributed by atoms with van der Waals surface area (Å²) in [5.74, 6) is 1.75. The van der Waals surface area contributed by atoms with Crippen molar-refractivity contribution in [2.75, 3.05) is 14.2 Å². The van der Waals surface area contributed by atoms with Crippen LogP contribution in [0, 0.1) is 5.92 Å². The quantitative estimate of drug-likeness (QED) is 0.915. The van der Waals surface area contributed by atoms with E-state index in [-0.39, 0.29) is 11.8 Å². The molecule has 1 unspecified atom stereocenters. The van der Waals surface area contributed by atoms with Crippen molar-refractivity contribution in [2.24, 2.45) is 5.92 Å². The molecule has 0 amide bonds. The zero-order valence-corrected chi connectivity index (χ0v) is 12.4. The Hall–Kier alpha value is -1.79. The molecule has 1 aliphatic carbocycles. The third-order valence-electron chi connectivity index (χ3n) is 3.46. The van der Waals surface area contributed by atoms with E-state index in [0.717, 1.165) is 12.8 Å². The van der Waals surface area contributed by atoms with Crippen molar-refractivity contribution in [3.63, 3.8) is 0 Å². The highest BCUT2D eigenvalue weighted by atomic mass is 35.5. The second-order valence-corrected chi connectivity index (χ2v) is 5.34. The van der Waals surface area contributed by atoms with E-state index in [4.69, 9.17) is 25.6 Å². The van der Waals surface area contributed by atoms with Crippen LogP contribution >= 0.6 is 11.6 Å². The maximum Gasteiger partial charge on any atom is 0.256 e. The molecule has 7 heteroatoms. The Morgan fingerprint density at radius 3 is 2.71 bits per heavy atom. The van der Waals surface area contributed by atoms with Crippen LogP contribution in [0.3, 0.4) is 0 Å². The molecule has 0 bridgehead atoms. The minimum absolute atomic E-state index is 0.229. The lowest BCUT2D eigenvalue weighted by Crippen LogP contribution is -1.99. The third-order valence-corrected chi connectivity index (χ3v) is 3.74. The van der Waals surface area contributed by atoms with Crippen molar-refractivity contribution in [3.05, 3.63) is 23.0 Å². The molecule has 0 spiro atoms. The summed E-state index contributed by atoms with van der Waals surface area (Å²) >= 11 is 6.15. The molecular formula is C14H15ClN2O4. The van der Waals surface area contributed by atoms with Gasteiger partial charge in [0.1, 0.15) is 6.10 Å². The van der Waals surface area contributed by atoms with E-state index in [0.29, 0.717) is 27.9 Å². The molecule has 2 aromatic rings. The first-order valence-corrected chi connectivity index (χ1v) is 6.95. The van der Waals surface area contributed by atoms with E-state index in [1.807, 2.05) is 0 Å². The lowest BCUT2D eigenvalue weighted by molar-refractivity contribution is 0.112. The van der Waals surface area contributed by atoms with E-state index >= 15 is 0 Å². The van der Waals surface area contributed by atoms with Crippen LogP contribution in [0.5, 0.6) is 11.5 Å². The average Bonchev–Trinajstić information content (AvgIpc) is 3.22. The Bertz CT molecular complexity index is 654. The van der Waals surface area contributed by atoms with Gasteiger partial charge in [0, 0.05) is 5.56 Å². The fourth-order valence-corrected chi connectivity index (χ4v) is 2.42. The highest BCUT2D eigenvalue weighted by Crippen LogP contribution is 2.41. The number of benzene rings is 1. The number of halogens is 1. The van der Waals surface area contributed by atoms with E-state index < -0.39 is 6.10 Å². The van der Waals surface area contributed by atoms with Gasteiger partial charge in [-0.05, 0) is 30.9 Å². The predicted molar refractivity (Wildman–Crippen MR) is 75.5 cm³/mol. The van der Waals surface area contributed by atoms with Gasteiger partial charge in [-0.25, -0.2) is 0 Å². The first kappa shape index (κ1) is 14.2. The van der Waals surface area contributed by atoms with Crippen molar-refractivity contribution in [1.29, 1.82) is 0 Å². The van der Waals surface area contributed by atoms with E-state index in [1.165, 1.54) is 14.2 Å². The zero-order chi connectivity index (χ0) is 15.0. The number of rotatable bonds is 5. The van der Waals surface area contributed by atoms with Gasteiger partial charge in [0.2, 0.25) is 5.82 Å². The Labute approximate surface area is 126 Å². The molecule has 21 heavy (non-hydrogen) atoms. The van der Waals surface area contributed by atoms with Crippen LogP contribution < -0.4 is 9.47 Å². The minimum Gasteiger partial charge on any atom is -0.493 e. The van der Waals surface area contributed by atoms with E-state index in [9.17, 15) is 5.11 Å². The van der Waals surface area contributed by atoms with Crippen LogP contribution in [-0.4, -0.2) is 29.5 Å². The summed E-state index contributed by atoms with van der Waals surface area (Å²) in [4.78, 5) is 4.23. The zero-order valence-electron chi connectivity index (χ0n) is 11.7. The van der Waals surface area contributed by atoms with Crippen LogP contribution in [0.15, 0.2) is 16.7 Å². The van der Waals surface area contributed by atoms with Crippen LogP contribution in [0.4, 0.5) is 0 Å². The first-order chi connectivity index (χ1) is 10.1. The number of aliphatic hydroxyl groups excluding tert-OH is 1. The van der Waals surface area contributed by atoms with Crippen LogP contribution in [0.25, 0.3) is 11.4 Å². The molecule has 112 valence electrons. The van der Waals surface area contributed by atoms with Crippen molar-refractivity contribution in [3.8, 4) is 22.9 Å². The summed E-state index contributed by atoms with van der Waals surface area (Å²) in [7, 11) is 3.04. The Morgan fingerprint density at radius 2 is 2.10 bits per heavy atom. The van der Waals surface area contributed by atoms with E-state index in [2.05, 4.69) is 10.1 Å². The van der Waals surface area contributed by atoms with Crippen LogP contribution in [-0.2, 0) is 0 Å². The number of ether oxygens (including phenoxy) is 2. The standard InChI is InChI=1S/C14H15ClN2O4/c1-19-10-6-8(5-9(15)12(10)20-2)13-16-14(21-17-13)11(18)7-3-4-7/h5-7,11,18H,3-4H2,1-2H3. The number of methoxy groups -OCH3 is 2. The summed E-state index contributed by atoms with van der Waals surface area (Å²) in [5.41, 5.74) is 0.635. The molecule has 1 heterocycles. The van der Waals surface area contributed by atoms with Crippen molar-refractivity contribution in [1.82, 2.24) is 10.1 Å². The molecule has 1 aromatic carbocycles. The Kier molecular flexibility index (Phi) is 3.73. The largest absolute Gasteiger partial charge is 0.493 e. The summed E-state index contributed by atoms with van der Waals surface area (Å²) in [5, 5.41) is 14.3. The molecule has 3 rings (SSSR count). The van der Waals surface area contributed by atoms with Gasteiger partial charge in [0.25, 0.3) is 5.89 Å². The van der Waals surface area contributed by atoms with Crippen LogP contribution in [0.2, 0.25) is 5.02 Å². The molecule has 1 aliphatic rings. The Morgan fingerprint density at radius 1 is 1.33 bits per heavy atom. The second kappa shape index (κ2) is 5.54. The van der Waals surface area contributed by atoms with Crippen molar-refractivity contribution >= 4 is 11.6 Å². The molecule has 0 radical (unpaired) electrons. The number of hydrogen-bond donors (Lipinski definition) is 1. The second-order valence-electron chi connectivity index (χ2n) is 4.93. The monoisotopic (exact) mass is 310 g/mol.